The van der Waals surface area contributed by atoms with E-state index in [1.165, 1.54) is 19.2 Å². The molecule has 166 valence electrons. The monoisotopic (exact) mass is 437 g/mol. The molecular formula is C22H23F4N3O2. The van der Waals surface area contributed by atoms with Gasteiger partial charge in [-0.3, -0.25) is 14.8 Å². The maximum atomic E-state index is 14.4. The summed E-state index contributed by atoms with van der Waals surface area (Å²) in [5.74, 6) is -0.110. The van der Waals surface area contributed by atoms with Crippen LogP contribution in [0.4, 0.5) is 28.0 Å². The highest BCUT2D eigenvalue weighted by Gasteiger charge is 2.39. The average Bonchev–Trinajstić information content (AvgIpc) is 2.72. The largest absolute Gasteiger partial charge is 0.455 e. The minimum atomic E-state index is -4.79. The van der Waals surface area contributed by atoms with Crippen molar-refractivity contribution in [2.75, 3.05) is 19.0 Å². The summed E-state index contributed by atoms with van der Waals surface area (Å²) in [7, 11) is 2.13. The summed E-state index contributed by atoms with van der Waals surface area (Å²) in [5.41, 5.74) is -0.758. The number of alkyl halides is 3. The number of anilines is 1. The third kappa shape index (κ3) is 5.84. The lowest BCUT2D eigenvalue weighted by Crippen LogP contribution is -2.42. The van der Waals surface area contributed by atoms with E-state index in [9.17, 15) is 22.4 Å². The van der Waals surface area contributed by atoms with E-state index in [4.69, 9.17) is 4.74 Å². The third-order valence-electron chi connectivity index (χ3n) is 4.34. The molecule has 0 fully saturated rings. The molecule has 5 nitrogen and oxygen atoms in total. The van der Waals surface area contributed by atoms with Crippen molar-refractivity contribution in [1.29, 1.82) is 0 Å². The van der Waals surface area contributed by atoms with Crippen molar-refractivity contribution in [3.8, 4) is 11.5 Å². The van der Waals surface area contributed by atoms with Gasteiger partial charge in [-0.15, -0.1) is 0 Å². The number of hydrogen-bond acceptors (Lipinski definition) is 3. The summed E-state index contributed by atoms with van der Waals surface area (Å²) in [4.78, 5) is 18.0. The zero-order chi connectivity index (χ0) is 23.2. The molecule has 0 saturated carbocycles. The molecule has 0 atom stereocenters. The van der Waals surface area contributed by atoms with Crippen molar-refractivity contribution < 1.29 is 27.1 Å². The molecule has 1 aromatic heterocycles. The van der Waals surface area contributed by atoms with Gasteiger partial charge in [0, 0.05) is 26.4 Å². The first-order valence-corrected chi connectivity index (χ1v) is 9.42. The number of aromatic nitrogens is 1. The van der Waals surface area contributed by atoms with E-state index < -0.39 is 23.7 Å². The highest BCUT2D eigenvalue weighted by Crippen LogP contribution is 2.32. The van der Waals surface area contributed by atoms with Crippen LogP contribution in [0, 0.1) is 5.82 Å². The molecule has 2 rings (SSSR count). The predicted octanol–water partition coefficient (Wildman–Crippen LogP) is 6.09. The van der Waals surface area contributed by atoms with Gasteiger partial charge < -0.3 is 4.74 Å². The normalized spacial score (nSPS) is 11.8. The third-order valence-corrected chi connectivity index (χ3v) is 4.34. The van der Waals surface area contributed by atoms with Crippen LogP contribution in [0.2, 0.25) is 0 Å². The minimum absolute atomic E-state index is 0.210. The van der Waals surface area contributed by atoms with E-state index in [1.807, 2.05) is 6.92 Å². The van der Waals surface area contributed by atoms with E-state index in [0.29, 0.717) is 28.8 Å². The summed E-state index contributed by atoms with van der Waals surface area (Å²) < 4.78 is 60.0. The molecule has 0 aliphatic heterocycles. The first-order chi connectivity index (χ1) is 14.6. The molecule has 1 heterocycles. The van der Waals surface area contributed by atoms with Crippen LogP contribution in [0.3, 0.4) is 0 Å². The Morgan fingerprint density at radius 2 is 1.97 bits per heavy atom. The number of aryl methyl sites for hydroxylation is 1. The second kappa shape index (κ2) is 10.1. The van der Waals surface area contributed by atoms with Gasteiger partial charge in [-0.2, -0.15) is 13.2 Å². The van der Waals surface area contributed by atoms with E-state index in [-0.39, 0.29) is 11.4 Å². The number of pyridine rings is 1. The SMILES string of the molecule is C=C/C=C(\N(C)C(=O)N(C)c1cc(Oc2cccnc2CCC)ccc1F)C(F)(F)F. The summed E-state index contributed by atoms with van der Waals surface area (Å²) in [6.45, 7) is 5.22. The first kappa shape index (κ1) is 23.9. The fourth-order valence-electron chi connectivity index (χ4n) is 2.82. The Morgan fingerprint density at radius 3 is 2.58 bits per heavy atom. The van der Waals surface area contributed by atoms with Crippen LogP contribution in [0.1, 0.15) is 19.0 Å². The van der Waals surface area contributed by atoms with Crippen LogP contribution >= 0.6 is 0 Å². The highest BCUT2D eigenvalue weighted by atomic mass is 19.4. The molecule has 0 aliphatic carbocycles. The molecular weight excluding hydrogens is 414 g/mol. The van der Waals surface area contributed by atoms with Crippen molar-refractivity contribution >= 4 is 11.7 Å². The van der Waals surface area contributed by atoms with Gasteiger partial charge in [-0.25, -0.2) is 9.18 Å². The lowest BCUT2D eigenvalue weighted by Gasteiger charge is -2.28. The van der Waals surface area contributed by atoms with Crippen LogP contribution in [0.5, 0.6) is 11.5 Å². The fraction of sp³-hybridized carbons (Fsp3) is 0.273. The number of benzene rings is 1. The number of ether oxygens (including phenoxy) is 1. The van der Waals surface area contributed by atoms with Gasteiger partial charge in [0.15, 0.2) is 0 Å². The summed E-state index contributed by atoms with van der Waals surface area (Å²) >= 11 is 0. The highest BCUT2D eigenvalue weighted by molar-refractivity contribution is 5.92. The van der Waals surface area contributed by atoms with Gasteiger partial charge in [-0.1, -0.05) is 26.0 Å². The van der Waals surface area contributed by atoms with Gasteiger partial charge >= 0.3 is 12.2 Å². The van der Waals surface area contributed by atoms with E-state index in [1.54, 1.807) is 18.3 Å². The number of carbonyl (C=O) groups excluding carboxylic acids is 1. The summed E-state index contributed by atoms with van der Waals surface area (Å²) in [6, 6.07) is 5.99. The van der Waals surface area contributed by atoms with Gasteiger partial charge in [-0.05, 0) is 36.8 Å². The Balaban J connectivity index is 2.33. The maximum Gasteiger partial charge on any atom is 0.431 e. The number of urea groups is 1. The molecule has 0 spiro atoms. The molecule has 2 aromatic rings. The summed E-state index contributed by atoms with van der Waals surface area (Å²) in [6.07, 6.45) is -0.0679. The molecule has 31 heavy (non-hydrogen) atoms. The number of amides is 2. The fourth-order valence-corrected chi connectivity index (χ4v) is 2.82. The van der Waals surface area contributed by atoms with E-state index in [2.05, 4.69) is 11.6 Å². The molecule has 1 aromatic carbocycles. The second-order valence-electron chi connectivity index (χ2n) is 6.60. The molecule has 0 unspecified atom stereocenters. The lowest BCUT2D eigenvalue weighted by atomic mass is 10.2. The van der Waals surface area contributed by atoms with Crippen molar-refractivity contribution in [3.05, 3.63) is 72.5 Å². The van der Waals surface area contributed by atoms with Crippen molar-refractivity contribution in [2.45, 2.75) is 25.9 Å². The number of halogens is 4. The van der Waals surface area contributed by atoms with Gasteiger partial charge in [0.2, 0.25) is 0 Å². The predicted molar refractivity (Wildman–Crippen MR) is 111 cm³/mol. The van der Waals surface area contributed by atoms with E-state index in [0.717, 1.165) is 30.5 Å². The molecule has 0 radical (unpaired) electrons. The second-order valence-corrected chi connectivity index (χ2v) is 6.60. The zero-order valence-corrected chi connectivity index (χ0v) is 17.4. The topological polar surface area (TPSA) is 45.7 Å². The van der Waals surface area contributed by atoms with Crippen molar-refractivity contribution in [1.82, 2.24) is 9.88 Å². The Labute approximate surface area is 178 Å². The maximum absolute atomic E-state index is 14.4. The standard InChI is InChI=1S/C22H23F4N3O2/c1-5-8-17-19(10-7-13-27-17)31-15-11-12-16(23)18(14-15)28(3)21(30)29(4)20(9-6-2)22(24,25)26/h6-7,9-14H,2,5,8H2,1,3-4H3/b20-9-. The Hall–Kier alpha value is -3.36. The Morgan fingerprint density at radius 1 is 1.26 bits per heavy atom. The smallest absolute Gasteiger partial charge is 0.431 e. The number of hydrogen-bond donors (Lipinski definition) is 0. The molecule has 2 amide bonds. The number of rotatable bonds is 7. The zero-order valence-electron chi connectivity index (χ0n) is 17.4. The molecule has 0 saturated heterocycles. The van der Waals surface area contributed by atoms with E-state index >= 15 is 0 Å². The Bertz CT molecular complexity index is 973. The van der Waals surface area contributed by atoms with Crippen molar-refractivity contribution in [2.24, 2.45) is 0 Å². The number of allylic oxidation sites excluding steroid dienone is 3. The Kier molecular flexibility index (Phi) is 7.79. The minimum Gasteiger partial charge on any atom is -0.455 e. The average molecular weight is 437 g/mol. The van der Waals surface area contributed by atoms with Gasteiger partial charge in [0.25, 0.3) is 0 Å². The van der Waals surface area contributed by atoms with Gasteiger partial charge in [0.1, 0.15) is 23.0 Å². The quantitative estimate of drug-likeness (QED) is 0.389. The first-order valence-electron chi connectivity index (χ1n) is 9.42. The lowest BCUT2D eigenvalue weighted by molar-refractivity contribution is -0.105. The molecule has 0 bridgehead atoms. The number of carbonyl (C=O) groups is 1. The molecule has 0 N–H and O–H groups in total. The van der Waals surface area contributed by atoms with Gasteiger partial charge in [0.05, 0.1) is 11.4 Å². The summed E-state index contributed by atoms with van der Waals surface area (Å²) in [5, 5.41) is 0. The van der Waals surface area contributed by atoms with Crippen LogP contribution in [-0.4, -0.2) is 36.2 Å². The molecule has 0 aliphatic rings. The molecule has 9 heteroatoms. The van der Waals surface area contributed by atoms with Crippen LogP contribution in [-0.2, 0) is 6.42 Å². The number of nitrogens with zero attached hydrogens (tertiary/aromatic N) is 3. The van der Waals surface area contributed by atoms with Crippen molar-refractivity contribution in [3.63, 3.8) is 0 Å². The van der Waals surface area contributed by atoms with Crippen LogP contribution in [0.25, 0.3) is 0 Å². The van der Waals surface area contributed by atoms with Crippen LogP contribution < -0.4 is 9.64 Å². The van der Waals surface area contributed by atoms with Crippen LogP contribution in [0.15, 0.2) is 61.0 Å².